The first-order valence-electron chi connectivity index (χ1n) is 5.50. The standard InChI is InChI=1S/C12H15N3O3S/c13-7-1-2-10-3-5-11(6-4-10)12(16)15-8-9-19(14,17)18/h3-6H,7-9,13H2,(H,15,16)(H2,14,17,18). The van der Waals surface area contributed by atoms with Gasteiger partial charge in [-0.15, -0.1) is 0 Å². The fraction of sp³-hybridized carbons (Fsp3) is 0.250. The van der Waals surface area contributed by atoms with Crippen LogP contribution in [0, 0.1) is 11.8 Å². The first-order valence-corrected chi connectivity index (χ1v) is 7.21. The average Bonchev–Trinajstić information content (AvgIpc) is 2.35. The summed E-state index contributed by atoms with van der Waals surface area (Å²) in [6, 6.07) is 6.59. The van der Waals surface area contributed by atoms with Crippen molar-refractivity contribution in [3.63, 3.8) is 0 Å². The van der Waals surface area contributed by atoms with E-state index in [0.29, 0.717) is 5.56 Å². The average molecular weight is 281 g/mol. The molecular weight excluding hydrogens is 266 g/mol. The maximum absolute atomic E-state index is 11.7. The molecule has 1 aromatic carbocycles. The predicted octanol–water partition coefficient (Wildman–Crippen LogP) is -0.985. The molecule has 1 rings (SSSR count). The lowest BCUT2D eigenvalue weighted by molar-refractivity contribution is 0.0956. The summed E-state index contributed by atoms with van der Waals surface area (Å²) in [6.07, 6.45) is 0. The van der Waals surface area contributed by atoms with Gasteiger partial charge in [-0.25, -0.2) is 13.6 Å². The number of sulfonamides is 1. The van der Waals surface area contributed by atoms with Gasteiger partial charge < -0.3 is 11.1 Å². The highest BCUT2D eigenvalue weighted by Crippen LogP contribution is 2.03. The van der Waals surface area contributed by atoms with Crippen LogP contribution in [-0.4, -0.2) is 33.2 Å². The Labute approximate surface area is 112 Å². The number of hydrogen-bond donors (Lipinski definition) is 3. The lowest BCUT2D eigenvalue weighted by Gasteiger charge is -2.04. The molecule has 0 saturated carbocycles. The van der Waals surface area contributed by atoms with Crippen molar-refractivity contribution < 1.29 is 13.2 Å². The van der Waals surface area contributed by atoms with Gasteiger partial charge in [-0.2, -0.15) is 0 Å². The fourth-order valence-electron chi connectivity index (χ4n) is 1.27. The van der Waals surface area contributed by atoms with E-state index in [1.807, 2.05) is 0 Å². The summed E-state index contributed by atoms with van der Waals surface area (Å²) < 4.78 is 21.4. The molecule has 1 amide bonds. The molecule has 0 aliphatic carbocycles. The normalized spacial score (nSPS) is 10.4. The number of amides is 1. The van der Waals surface area contributed by atoms with E-state index < -0.39 is 10.0 Å². The summed E-state index contributed by atoms with van der Waals surface area (Å²) in [5, 5.41) is 7.29. The number of benzene rings is 1. The van der Waals surface area contributed by atoms with Crippen LogP contribution < -0.4 is 16.2 Å². The number of nitrogens with one attached hydrogen (secondary N) is 1. The fourth-order valence-corrected chi connectivity index (χ4v) is 1.65. The van der Waals surface area contributed by atoms with Gasteiger partial charge in [-0.3, -0.25) is 4.79 Å². The second kappa shape index (κ2) is 6.89. The Bertz CT molecular complexity index is 597. The van der Waals surface area contributed by atoms with Crippen LogP contribution in [-0.2, 0) is 10.0 Å². The van der Waals surface area contributed by atoms with E-state index in [0.717, 1.165) is 5.56 Å². The van der Waals surface area contributed by atoms with E-state index >= 15 is 0 Å². The summed E-state index contributed by atoms with van der Waals surface area (Å²) in [4.78, 5) is 11.7. The van der Waals surface area contributed by atoms with E-state index in [1.165, 1.54) is 0 Å². The zero-order valence-corrected chi connectivity index (χ0v) is 11.0. The lowest BCUT2D eigenvalue weighted by Crippen LogP contribution is -2.31. The molecule has 5 N–H and O–H groups in total. The predicted molar refractivity (Wildman–Crippen MR) is 72.7 cm³/mol. The van der Waals surface area contributed by atoms with Gasteiger partial charge in [0.1, 0.15) is 0 Å². The van der Waals surface area contributed by atoms with Gasteiger partial charge in [0.15, 0.2) is 0 Å². The summed E-state index contributed by atoms with van der Waals surface area (Å²) in [7, 11) is -3.56. The third-order valence-electron chi connectivity index (χ3n) is 2.15. The number of carbonyl (C=O) groups is 1. The molecule has 0 aliphatic heterocycles. The molecule has 0 radical (unpaired) electrons. The highest BCUT2D eigenvalue weighted by Gasteiger charge is 2.07. The Morgan fingerprint density at radius 2 is 1.89 bits per heavy atom. The molecule has 0 bridgehead atoms. The highest BCUT2D eigenvalue weighted by atomic mass is 32.2. The van der Waals surface area contributed by atoms with Crippen molar-refractivity contribution in [2.75, 3.05) is 18.8 Å². The van der Waals surface area contributed by atoms with Gasteiger partial charge in [-0.1, -0.05) is 11.8 Å². The minimum atomic E-state index is -3.56. The summed E-state index contributed by atoms with van der Waals surface area (Å²) in [5.74, 6) is 4.88. The maximum Gasteiger partial charge on any atom is 0.251 e. The van der Waals surface area contributed by atoms with Crippen molar-refractivity contribution in [1.82, 2.24) is 5.32 Å². The molecule has 6 nitrogen and oxygen atoms in total. The van der Waals surface area contributed by atoms with E-state index in [2.05, 4.69) is 17.2 Å². The molecule has 19 heavy (non-hydrogen) atoms. The van der Waals surface area contributed by atoms with Crippen LogP contribution in [0.5, 0.6) is 0 Å². The summed E-state index contributed by atoms with van der Waals surface area (Å²) >= 11 is 0. The zero-order valence-electron chi connectivity index (χ0n) is 10.2. The van der Waals surface area contributed by atoms with Gasteiger partial charge in [0.2, 0.25) is 10.0 Å². The highest BCUT2D eigenvalue weighted by molar-refractivity contribution is 7.89. The van der Waals surface area contributed by atoms with Gasteiger partial charge in [0, 0.05) is 17.7 Å². The van der Waals surface area contributed by atoms with Crippen LogP contribution in [0.15, 0.2) is 24.3 Å². The number of primary sulfonamides is 1. The van der Waals surface area contributed by atoms with Gasteiger partial charge in [-0.05, 0) is 24.3 Å². The van der Waals surface area contributed by atoms with Crippen molar-refractivity contribution in [3.8, 4) is 11.8 Å². The van der Waals surface area contributed by atoms with Gasteiger partial charge in [0.25, 0.3) is 5.91 Å². The topological polar surface area (TPSA) is 115 Å². The largest absolute Gasteiger partial charge is 0.351 e. The van der Waals surface area contributed by atoms with Crippen LogP contribution >= 0.6 is 0 Å². The molecule has 7 heteroatoms. The van der Waals surface area contributed by atoms with Crippen molar-refractivity contribution in [2.24, 2.45) is 10.9 Å². The quantitative estimate of drug-likeness (QED) is 0.615. The molecule has 0 atom stereocenters. The van der Waals surface area contributed by atoms with Gasteiger partial charge in [0.05, 0.1) is 12.3 Å². The lowest BCUT2D eigenvalue weighted by atomic mass is 10.1. The molecular formula is C12H15N3O3S. The third kappa shape index (κ3) is 6.01. The monoisotopic (exact) mass is 281 g/mol. The summed E-state index contributed by atoms with van der Waals surface area (Å²) in [5.41, 5.74) is 6.43. The number of hydrogen-bond acceptors (Lipinski definition) is 4. The van der Waals surface area contributed by atoms with Crippen LogP contribution in [0.4, 0.5) is 0 Å². The molecule has 0 unspecified atom stereocenters. The van der Waals surface area contributed by atoms with E-state index in [1.54, 1.807) is 24.3 Å². The van der Waals surface area contributed by atoms with Crippen LogP contribution in [0.3, 0.4) is 0 Å². The van der Waals surface area contributed by atoms with Crippen LogP contribution in [0.25, 0.3) is 0 Å². The van der Waals surface area contributed by atoms with Crippen molar-refractivity contribution >= 4 is 15.9 Å². The Balaban J connectivity index is 2.58. The Hall–Kier alpha value is -1.88. The molecule has 102 valence electrons. The summed E-state index contributed by atoms with van der Waals surface area (Å²) in [6.45, 7) is 0.252. The number of nitrogens with two attached hydrogens (primary N) is 2. The number of carbonyl (C=O) groups excluding carboxylic acids is 1. The Morgan fingerprint density at radius 1 is 1.26 bits per heavy atom. The molecule has 0 aromatic heterocycles. The van der Waals surface area contributed by atoms with E-state index in [9.17, 15) is 13.2 Å². The van der Waals surface area contributed by atoms with Crippen molar-refractivity contribution in [2.45, 2.75) is 0 Å². The van der Waals surface area contributed by atoms with Crippen molar-refractivity contribution in [3.05, 3.63) is 35.4 Å². The van der Waals surface area contributed by atoms with Crippen LogP contribution in [0.1, 0.15) is 15.9 Å². The zero-order chi connectivity index (χ0) is 14.3. The SMILES string of the molecule is NCC#Cc1ccc(C(=O)NCCS(N)(=O)=O)cc1. The van der Waals surface area contributed by atoms with E-state index in [-0.39, 0.29) is 24.7 Å². The third-order valence-corrected chi connectivity index (χ3v) is 2.93. The maximum atomic E-state index is 11.7. The van der Waals surface area contributed by atoms with Crippen LogP contribution in [0.2, 0.25) is 0 Å². The molecule has 0 heterocycles. The molecule has 0 aliphatic rings. The van der Waals surface area contributed by atoms with Gasteiger partial charge >= 0.3 is 0 Å². The molecule has 0 spiro atoms. The smallest absolute Gasteiger partial charge is 0.251 e. The van der Waals surface area contributed by atoms with E-state index in [4.69, 9.17) is 10.9 Å². The minimum Gasteiger partial charge on any atom is -0.351 e. The Morgan fingerprint density at radius 3 is 2.42 bits per heavy atom. The first kappa shape index (κ1) is 15.2. The second-order valence-corrected chi connectivity index (χ2v) is 5.44. The minimum absolute atomic E-state index is 0.0214. The number of rotatable bonds is 4. The molecule has 1 aromatic rings. The first-order chi connectivity index (χ1) is 8.92. The van der Waals surface area contributed by atoms with Crippen molar-refractivity contribution in [1.29, 1.82) is 0 Å². The molecule has 0 saturated heterocycles. The molecule has 0 fully saturated rings. The Kier molecular flexibility index (Phi) is 5.51. The second-order valence-electron chi connectivity index (χ2n) is 3.71.